The number of nitrogens with one attached hydrogen (secondary N) is 1. The number of hydrogen-bond acceptors (Lipinski definition) is 4. The Morgan fingerprint density at radius 3 is 2.80 bits per heavy atom. The Balaban J connectivity index is 1.82. The van der Waals surface area contributed by atoms with Gasteiger partial charge in [0.25, 0.3) is 5.91 Å². The third-order valence-electron chi connectivity index (χ3n) is 3.45. The number of aromatic nitrogens is 2. The topological polar surface area (TPSA) is 69.3 Å². The van der Waals surface area contributed by atoms with E-state index in [4.69, 9.17) is 9.15 Å². The van der Waals surface area contributed by atoms with Crippen molar-refractivity contribution in [2.45, 2.75) is 19.9 Å². The van der Waals surface area contributed by atoms with Crippen LogP contribution in [0.5, 0.6) is 5.75 Å². The number of rotatable bonds is 7. The summed E-state index contributed by atoms with van der Waals surface area (Å²) in [4.78, 5) is 12.5. The normalized spacial score (nSPS) is 10.6. The largest absolute Gasteiger partial charge is 0.489 e. The van der Waals surface area contributed by atoms with Gasteiger partial charge >= 0.3 is 0 Å². The van der Waals surface area contributed by atoms with E-state index >= 15 is 0 Å². The zero-order valence-electron chi connectivity index (χ0n) is 13.7. The van der Waals surface area contributed by atoms with Gasteiger partial charge in [0.2, 0.25) is 0 Å². The summed E-state index contributed by atoms with van der Waals surface area (Å²) in [6.07, 6.45) is 3.96. The molecule has 0 aliphatic heterocycles. The maximum absolute atomic E-state index is 13.1. The number of benzene rings is 1. The third-order valence-corrected chi connectivity index (χ3v) is 3.45. The van der Waals surface area contributed by atoms with E-state index in [0.717, 1.165) is 6.42 Å². The second kappa shape index (κ2) is 7.65. The van der Waals surface area contributed by atoms with Gasteiger partial charge in [-0.25, -0.2) is 9.07 Å². The molecule has 0 radical (unpaired) electrons. The van der Waals surface area contributed by atoms with Gasteiger partial charge in [-0.1, -0.05) is 6.92 Å². The molecule has 0 atom stereocenters. The molecular weight excluding hydrogens is 325 g/mol. The van der Waals surface area contributed by atoms with Gasteiger partial charge < -0.3 is 14.5 Å². The van der Waals surface area contributed by atoms with Gasteiger partial charge in [-0.3, -0.25) is 4.79 Å². The lowest BCUT2D eigenvalue weighted by atomic mass is 10.3. The molecular formula is C18H18FN3O3. The van der Waals surface area contributed by atoms with Crippen LogP contribution in [0.3, 0.4) is 0 Å². The van der Waals surface area contributed by atoms with Crippen LogP contribution in [0.15, 0.2) is 53.3 Å². The second-order valence-corrected chi connectivity index (χ2v) is 5.37. The summed E-state index contributed by atoms with van der Waals surface area (Å²) in [5, 5.41) is 7.03. The van der Waals surface area contributed by atoms with Crippen molar-refractivity contribution in [2.75, 3.05) is 6.61 Å². The highest BCUT2D eigenvalue weighted by Gasteiger charge is 2.19. The second-order valence-electron chi connectivity index (χ2n) is 5.37. The van der Waals surface area contributed by atoms with Crippen LogP contribution >= 0.6 is 0 Å². The Labute approximate surface area is 144 Å². The fourth-order valence-corrected chi connectivity index (χ4v) is 2.22. The number of carbonyl (C=O) groups is 1. The van der Waals surface area contributed by atoms with Crippen LogP contribution in [0.4, 0.5) is 4.39 Å². The van der Waals surface area contributed by atoms with E-state index in [0.29, 0.717) is 23.8 Å². The number of furan rings is 1. The van der Waals surface area contributed by atoms with E-state index in [1.54, 1.807) is 36.7 Å². The Hall–Kier alpha value is -3.09. The molecule has 2 heterocycles. The van der Waals surface area contributed by atoms with Crippen molar-refractivity contribution < 1.29 is 18.3 Å². The summed E-state index contributed by atoms with van der Waals surface area (Å²) in [7, 11) is 0. The first-order valence-electron chi connectivity index (χ1n) is 7.96. The van der Waals surface area contributed by atoms with Crippen LogP contribution in [-0.4, -0.2) is 22.3 Å². The number of halogens is 1. The summed E-state index contributed by atoms with van der Waals surface area (Å²) < 4.78 is 25.4. The molecule has 0 bridgehead atoms. The Bertz CT molecular complexity index is 826. The zero-order chi connectivity index (χ0) is 17.6. The molecule has 1 N–H and O–H groups in total. The Morgan fingerprint density at radius 1 is 1.32 bits per heavy atom. The summed E-state index contributed by atoms with van der Waals surface area (Å²) in [6, 6.07) is 9.35. The number of amides is 1. The first kappa shape index (κ1) is 16.8. The van der Waals surface area contributed by atoms with Gasteiger partial charge in [0.15, 0.2) is 11.4 Å². The Morgan fingerprint density at radius 2 is 2.12 bits per heavy atom. The SMILES string of the molecule is CCCOc1cn(-c2ccc(F)cc2)nc1C(=O)NCc1ccco1. The molecule has 7 heteroatoms. The van der Waals surface area contributed by atoms with Gasteiger partial charge in [-0.2, -0.15) is 5.10 Å². The smallest absolute Gasteiger partial charge is 0.276 e. The molecule has 1 amide bonds. The van der Waals surface area contributed by atoms with Crippen molar-refractivity contribution in [2.24, 2.45) is 0 Å². The fraction of sp³-hybridized carbons (Fsp3) is 0.222. The zero-order valence-corrected chi connectivity index (χ0v) is 13.7. The molecule has 3 rings (SSSR count). The highest BCUT2D eigenvalue weighted by Crippen LogP contribution is 2.20. The van der Waals surface area contributed by atoms with Gasteiger partial charge in [0.05, 0.1) is 31.3 Å². The van der Waals surface area contributed by atoms with Crippen molar-refractivity contribution in [3.8, 4) is 11.4 Å². The van der Waals surface area contributed by atoms with E-state index in [1.165, 1.54) is 16.8 Å². The van der Waals surface area contributed by atoms with Gasteiger partial charge in [-0.05, 0) is 42.8 Å². The van der Waals surface area contributed by atoms with Crippen LogP contribution in [0.2, 0.25) is 0 Å². The fourth-order valence-electron chi connectivity index (χ4n) is 2.22. The van der Waals surface area contributed by atoms with Gasteiger partial charge in [-0.15, -0.1) is 0 Å². The van der Waals surface area contributed by atoms with Crippen molar-refractivity contribution in [1.29, 1.82) is 0 Å². The molecule has 0 saturated heterocycles. The predicted molar refractivity (Wildman–Crippen MR) is 89.2 cm³/mol. The van der Waals surface area contributed by atoms with Crippen molar-refractivity contribution in [3.05, 3.63) is 66.1 Å². The van der Waals surface area contributed by atoms with E-state index in [-0.39, 0.29) is 24.0 Å². The molecule has 0 saturated carbocycles. The van der Waals surface area contributed by atoms with E-state index < -0.39 is 0 Å². The molecule has 25 heavy (non-hydrogen) atoms. The average molecular weight is 343 g/mol. The van der Waals surface area contributed by atoms with E-state index in [9.17, 15) is 9.18 Å². The highest BCUT2D eigenvalue weighted by atomic mass is 19.1. The molecule has 0 fully saturated rings. The molecule has 0 aliphatic rings. The first-order chi connectivity index (χ1) is 12.2. The van der Waals surface area contributed by atoms with Crippen LogP contribution in [-0.2, 0) is 6.54 Å². The van der Waals surface area contributed by atoms with Crippen molar-refractivity contribution in [3.63, 3.8) is 0 Å². The first-order valence-corrected chi connectivity index (χ1v) is 7.96. The summed E-state index contributed by atoms with van der Waals surface area (Å²) >= 11 is 0. The lowest BCUT2D eigenvalue weighted by molar-refractivity contribution is 0.0938. The maximum Gasteiger partial charge on any atom is 0.276 e. The van der Waals surface area contributed by atoms with Crippen LogP contribution in [0.1, 0.15) is 29.6 Å². The number of ether oxygens (including phenoxy) is 1. The minimum absolute atomic E-state index is 0.171. The summed E-state index contributed by atoms with van der Waals surface area (Å²) in [6.45, 7) is 2.69. The van der Waals surface area contributed by atoms with Crippen molar-refractivity contribution >= 4 is 5.91 Å². The number of hydrogen-bond donors (Lipinski definition) is 1. The lowest BCUT2D eigenvalue weighted by Gasteiger charge is -2.04. The molecule has 0 spiro atoms. The number of nitrogens with zero attached hydrogens (tertiary/aromatic N) is 2. The third kappa shape index (κ3) is 4.06. The molecule has 130 valence electrons. The van der Waals surface area contributed by atoms with Crippen molar-refractivity contribution in [1.82, 2.24) is 15.1 Å². The quantitative estimate of drug-likeness (QED) is 0.714. The summed E-state index contributed by atoms with van der Waals surface area (Å²) in [5.41, 5.74) is 0.803. The minimum Gasteiger partial charge on any atom is -0.489 e. The van der Waals surface area contributed by atoms with Gasteiger partial charge in [0, 0.05) is 0 Å². The van der Waals surface area contributed by atoms with Crippen LogP contribution < -0.4 is 10.1 Å². The van der Waals surface area contributed by atoms with E-state index in [1.807, 2.05) is 6.92 Å². The molecule has 2 aromatic heterocycles. The monoisotopic (exact) mass is 343 g/mol. The van der Waals surface area contributed by atoms with Crippen LogP contribution in [0.25, 0.3) is 5.69 Å². The maximum atomic E-state index is 13.1. The van der Waals surface area contributed by atoms with E-state index in [2.05, 4.69) is 10.4 Å². The summed E-state index contributed by atoms with van der Waals surface area (Å²) in [5.74, 6) is 0.309. The van der Waals surface area contributed by atoms with Crippen LogP contribution in [0, 0.1) is 5.82 Å². The van der Waals surface area contributed by atoms with Gasteiger partial charge in [0.1, 0.15) is 11.6 Å². The number of carbonyl (C=O) groups excluding carboxylic acids is 1. The standard InChI is InChI=1S/C18H18FN3O3/c1-2-9-25-16-12-22(14-7-5-13(19)6-8-14)21-17(16)18(23)20-11-15-4-3-10-24-15/h3-8,10,12H,2,9,11H2,1H3,(H,20,23). The predicted octanol–water partition coefficient (Wildman–Crippen LogP) is 3.32. The Kier molecular flexibility index (Phi) is 5.13. The highest BCUT2D eigenvalue weighted by molar-refractivity contribution is 5.94. The molecule has 0 aliphatic carbocycles. The minimum atomic E-state index is -0.372. The lowest BCUT2D eigenvalue weighted by Crippen LogP contribution is -2.24. The average Bonchev–Trinajstić information content (AvgIpc) is 3.28. The molecule has 3 aromatic rings. The molecule has 1 aromatic carbocycles. The molecule has 6 nitrogen and oxygen atoms in total. The molecule has 0 unspecified atom stereocenters.